The van der Waals surface area contributed by atoms with Crippen molar-refractivity contribution in [3.8, 4) is 0 Å². The van der Waals surface area contributed by atoms with E-state index in [1.165, 1.54) is 4.90 Å². The predicted octanol–water partition coefficient (Wildman–Crippen LogP) is -0.0844. The summed E-state index contributed by atoms with van der Waals surface area (Å²) < 4.78 is 5.47. The Morgan fingerprint density at radius 3 is 2.67 bits per heavy atom. The van der Waals surface area contributed by atoms with E-state index in [4.69, 9.17) is 15.6 Å². The molecule has 2 unspecified atom stereocenters. The highest BCUT2D eigenvalue weighted by Gasteiger charge is 2.25. The number of rotatable bonds is 8. The Bertz CT molecular complexity index is 382. The Hall–Kier alpha value is -1.83. The van der Waals surface area contributed by atoms with Crippen molar-refractivity contribution in [3.05, 3.63) is 0 Å². The zero-order chi connectivity index (χ0) is 15.8. The largest absolute Gasteiger partial charge is 0.480 e. The van der Waals surface area contributed by atoms with Crippen molar-refractivity contribution in [3.63, 3.8) is 0 Å². The third-order valence-electron chi connectivity index (χ3n) is 3.39. The molecular weight excluding hydrogens is 278 g/mol. The van der Waals surface area contributed by atoms with E-state index in [1.54, 1.807) is 0 Å². The van der Waals surface area contributed by atoms with E-state index in [2.05, 4.69) is 5.32 Å². The maximum absolute atomic E-state index is 12.1. The zero-order valence-corrected chi connectivity index (χ0v) is 12.2. The molecular formula is C13H23N3O5. The van der Waals surface area contributed by atoms with E-state index in [1.807, 2.05) is 6.92 Å². The molecule has 1 saturated heterocycles. The molecule has 4 N–H and O–H groups in total. The molecule has 8 nitrogen and oxygen atoms in total. The summed E-state index contributed by atoms with van der Waals surface area (Å²) in [6, 6.07) is -1.59. The lowest BCUT2D eigenvalue weighted by Crippen LogP contribution is -2.50. The SMILES string of the molecule is CCN(CC1CCCO1)C(=O)NC(CCC(N)=O)C(=O)O. The fourth-order valence-corrected chi connectivity index (χ4v) is 2.17. The number of carboxylic acids is 1. The number of nitrogens with two attached hydrogens (primary N) is 1. The van der Waals surface area contributed by atoms with Gasteiger partial charge in [-0.2, -0.15) is 0 Å². The fraction of sp³-hybridized carbons (Fsp3) is 0.769. The van der Waals surface area contributed by atoms with Crippen LogP contribution in [0.4, 0.5) is 4.79 Å². The molecule has 0 aromatic heterocycles. The van der Waals surface area contributed by atoms with E-state index < -0.39 is 23.9 Å². The number of amides is 3. The van der Waals surface area contributed by atoms with Gasteiger partial charge in [-0.15, -0.1) is 0 Å². The van der Waals surface area contributed by atoms with Gasteiger partial charge in [-0.3, -0.25) is 4.79 Å². The van der Waals surface area contributed by atoms with Gasteiger partial charge in [0, 0.05) is 26.1 Å². The number of nitrogens with one attached hydrogen (secondary N) is 1. The number of carboxylic acid groups (broad SMARTS) is 1. The second-order valence-corrected chi connectivity index (χ2v) is 5.02. The van der Waals surface area contributed by atoms with Gasteiger partial charge in [0.1, 0.15) is 6.04 Å². The molecule has 120 valence electrons. The lowest BCUT2D eigenvalue weighted by atomic mass is 10.1. The minimum atomic E-state index is -1.18. The number of hydrogen-bond acceptors (Lipinski definition) is 4. The summed E-state index contributed by atoms with van der Waals surface area (Å²) in [6.07, 6.45) is 1.77. The Labute approximate surface area is 123 Å². The van der Waals surface area contributed by atoms with E-state index in [0.29, 0.717) is 19.7 Å². The molecule has 1 aliphatic rings. The Morgan fingerprint density at radius 1 is 1.48 bits per heavy atom. The zero-order valence-electron chi connectivity index (χ0n) is 12.2. The highest BCUT2D eigenvalue weighted by Crippen LogP contribution is 2.13. The average Bonchev–Trinajstić information content (AvgIpc) is 2.92. The third-order valence-corrected chi connectivity index (χ3v) is 3.39. The minimum absolute atomic E-state index is 0.00426. The van der Waals surface area contributed by atoms with Gasteiger partial charge in [-0.1, -0.05) is 0 Å². The molecule has 1 fully saturated rings. The number of urea groups is 1. The van der Waals surface area contributed by atoms with E-state index >= 15 is 0 Å². The van der Waals surface area contributed by atoms with Crippen molar-refractivity contribution >= 4 is 17.9 Å². The van der Waals surface area contributed by atoms with Crippen LogP contribution in [0.1, 0.15) is 32.6 Å². The molecule has 3 amide bonds. The van der Waals surface area contributed by atoms with Crippen LogP contribution in [0.25, 0.3) is 0 Å². The summed E-state index contributed by atoms with van der Waals surface area (Å²) in [5.74, 6) is -1.78. The van der Waals surface area contributed by atoms with Gasteiger partial charge in [0.2, 0.25) is 5.91 Å². The smallest absolute Gasteiger partial charge is 0.326 e. The summed E-state index contributed by atoms with van der Waals surface area (Å²) >= 11 is 0. The maximum atomic E-state index is 12.1. The topological polar surface area (TPSA) is 122 Å². The molecule has 1 aliphatic heterocycles. The van der Waals surface area contributed by atoms with Gasteiger partial charge in [-0.25, -0.2) is 9.59 Å². The van der Waals surface area contributed by atoms with Crippen molar-refractivity contribution in [1.29, 1.82) is 0 Å². The molecule has 0 radical (unpaired) electrons. The first-order chi connectivity index (χ1) is 9.93. The summed E-state index contributed by atoms with van der Waals surface area (Å²) in [7, 11) is 0. The van der Waals surface area contributed by atoms with Crippen molar-refractivity contribution in [2.24, 2.45) is 5.73 Å². The second kappa shape index (κ2) is 8.46. The Balaban J connectivity index is 2.52. The predicted molar refractivity (Wildman–Crippen MR) is 74.6 cm³/mol. The number of hydrogen-bond donors (Lipinski definition) is 3. The molecule has 8 heteroatoms. The fourth-order valence-electron chi connectivity index (χ4n) is 2.17. The summed E-state index contributed by atoms with van der Waals surface area (Å²) in [5.41, 5.74) is 5.00. The van der Waals surface area contributed by atoms with E-state index in [9.17, 15) is 14.4 Å². The first-order valence-electron chi connectivity index (χ1n) is 7.12. The lowest BCUT2D eigenvalue weighted by Gasteiger charge is -2.26. The average molecular weight is 301 g/mol. The molecule has 2 atom stereocenters. The van der Waals surface area contributed by atoms with Crippen LogP contribution in [0.5, 0.6) is 0 Å². The van der Waals surface area contributed by atoms with Crippen LogP contribution in [-0.4, -0.2) is 59.8 Å². The van der Waals surface area contributed by atoms with Crippen LogP contribution < -0.4 is 11.1 Å². The van der Waals surface area contributed by atoms with Crippen LogP contribution in [-0.2, 0) is 14.3 Å². The highest BCUT2D eigenvalue weighted by atomic mass is 16.5. The van der Waals surface area contributed by atoms with Gasteiger partial charge in [0.15, 0.2) is 0 Å². The highest BCUT2D eigenvalue weighted by molar-refractivity contribution is 5.83. The van der Waals surface area contributed by atoms with Crippen molar-refractivity contribution < 1.29 is 24.2 Å². The number of ether oxygens (including phenoxy) is 1. The van der Waals surface area contributed by atoms with Gasteiger partial charge < -0.3 is 25.8 Å². The minimum Gasteiger partial charge on any atom is -0.480 e. The quantitative estimate of drug-likeness (QED) is 0.578. The van der Waals surface area contributed by atoms with Gasteiger partial charge >= 0.3 is 12.0 Å². The molecule has 21 heavy (non-hydrogen) atoms. The Kier molecular flexibility index (Phi) is 6.93. The molecule has 0 bridgehead atoms. The van der Waals surface area contributed by atoms with E-state index in [-0.39, 0.29) is 18.9 Å². The molecule has 0 saturated carbocycles. The summed E-state index contributed by atoms with van der Waals surface area (Å²) in [4.78, 5) is 35.4. The van der Waals surface area contributed by atoms with Crippen molar-refractivity contribution in [2.45, 2.75) is 44.8 Å². The van der Waals surface area contributed by atoms with Gasteiger partial charge in [0.25, 0.3) is 0 Å². The molecule has 0 aromatic carbocycles. The molecule has 1 heterocycles. The third kappa shape index (κ3) is 5.99. The second-order valence-electron chi connectivity index (χ2n) is 5.02. The van der Waals surface area contributed by atoms with E-state index in [0.717, 1.165) is 12.8 Å². The van der Waals surface area contributed by atoms with Crippen molar-refractivity contribution in [2.75, 3.05) is 19.7 Å². The van der Waals surface area contributed by atoms with Crippen LogP contribution >= 0.6 is 0 Å². The van der Waals surface area contributed by atoms with Gasteiger partial charge in [0.05, 0.1) is 6.10 Å². The standard InChI is InChI=1S/C13H23N3O5/c1-2-16(8-9-4-3-7-21-9)13(20)15-10(12(18)19)5-6-11(14)17/h9-10H,2-8H2,1H3,(H2,14,17)(H,15,20)(H,18,19). The number of likely N-dealkylation sites (N-methyl/N-ethyl adjacent to an activating group) is 1. The summed E-state index contributed by atoms with van der Waals surface area (Å²) in [6.45, 7) is 3.40. The first kappa shape index (κ1) is 17.2. The first-order valence-corrected chi connectivity index (χ1v) is 7.12. The number of carbonyl (C=O) groups excluding carboxylic acids is 2. The number of primary amides is 1. The molecule has 0 aliphatic carbocycles. The van der Waals surface area contributed by atoms with Crippen LogP contribution in [0.2, 0.25) is 0 Å². The van der Waals surface area contributed by atoms with Crippen molar-refractivity contribution in [1.82, 2.24) is 10.2 Å². The monoisotopic (exact) mass is 301 g/mol. The van der Waals surface area contributed by atoms with Crippen LogP contribution in [0.3, 0.4) is 0 Å². The summed E-state index contributed by atoms with van der Waals surface area (Å²) in [5, 5.41) is 11.5. The lowest BCUT2D eigenvalue weighted by molar-refractivity contribution is -0.139. The Morgan fingerprint density at radius 2 is 2.19 bits per heavy atom. The van der Waals surface area contributed by atoms with Crippen LogP contribution in [0, 0.1) is 0 Å². The number of aliphatic carboxylic acids is 1. The number of nitrogens with zero attached hydrogens (tertiary/aromatic N) is 1. The normalized spacial score (nSPS) is 19.0. The molecule has 1 rings (SSSR count). The van der Waals surface area contributed by atoms with Gasteiger partial charge in [-0.05, 0) is 26.2 Å². The molecule has 0 aromatic rings. The van der Waals surface area contributed by atoms with Crippen LogP contribution in [0.15, 0.2) is 0 Å². The maximum Gasteiger partial charge on any atom is 0.326 e. The molecule has 0 spiro atoms. The number of carbonyl (C=O) groups is 3.